The van der Waals surface area contributed by atoms with Gasteiger partial charge in [0.25, 0.3) is 0 Å². The third-order valence-corrected chi connectivity index (χ3v) is 3.47. The molecule has 0 aromatic heterocycles. The standard InChI is InChI=1S/C16H22OSi/c1-5-9-14(12-13-18(2,3)4)16(17)15-10-7-6-8-11-15/h5-8,10-11,14,16-17H,1,9H2,2-4H3. The highest BCUT2D eigenvalue weighted by Gasteiger charge is 2.18. The Morgan fingerprint density at radius 2 is 1.89 bits per heavy atom. The highest BCUT2D eigenvalue weighted by atomic mass is 28.3. The van der Waals surface area contributed by atoms with Crippen LogP contribution in [0.1, 0.15) is 18.1 Å². The molecule has 0 aliphatic rings. The second kappa shape index (κ2) is 6.58. The van der Waals surface area contributed by atoms with Crippen LogP contribution in [0.2, 0.25) is 19.6 Å². The molecule has 2 unspecified atom stereocenters. The maximum atomic E-state index is 10.4. The van der Waals surface area contributed by atoms with Crippen molar-refractivity contribution >= 4 is 8.07 Å². The summed E-state index contributed by atoms with van der Waals surface area (Å²) >= 11 is 0. The van der Waals surface area contributed by atoms with Gasteiger partial charge in [0.1, 0.15) is 8.07 Å². The van der Waals surface area contributed by atoms with E-state index in [4.69, 9.17) is 0 Å². The van der Waals surface area contributed by atoms with Gasteiger partial charge >= 0.3 is 0 Å². The van der Waals surface area contributed by atoms with Crippen LogP contribution in [-0.4, -0.2) is 13.2 Å². The zero-order chi connectivity index (χ0) is 13.6. The molecule has 1 aromatic carbocycles. The summed E-state index contributed by atoms with van der Waals surface area (Å²) in [5.74, 6) is 3.19. The molecular weight excluding hydrogens is 236 g/mol. The Labute approximate surface area is 112 Å². The number of aliphatic hydroxyl groups is 1. The van der Waals surface area contributed by atoms with Crippen molar-refractivity contribution < 1.29 is 5.11 Å². The third kappa shape index (κ3) is 4.91. The van der Waals surface area contributed by atoms with Crippen molar-refractivity contribution in [1.29, 1.82) is 0 Å². The van der Waals surface area contributed by atoms with Crippen LogP contribution in [0.3, 0.4) is 0 Å². The summed E-state index contributed by atoms with van der Waals surface area (Å²) in [6.07, 6.45) is 2.01. The number of hydrogen-bond donors (Lipinski definition) is 1. The average Bonchev–Trinajstić information content (AvgIpc) is 2.33. The van der Waals surface area contributed by atoms with Crippen LogP contribution in [0.25, 0.3) is 0 Å². The third-order valence-electron chi connectivity index (χ3n) is 2.58. The molecule has 0 heterocycles. The number of aliphatic hydroxyl groups excluding tert-OH is 1. The Morgan fingerprint density at radius 1 is 1.28 bits per heavy atom. The smallest absolute Gasteiger partial charge is 0.129 e. The lowest BCUT2D eigenvalue weighted by atomic mass is 9.94. The molecule has 96 valence electrons. The first-order valence-corrected chi connectivity index (χ1v) is 9.80. The summed E-state index contributed by atoms with van der Waals surface area (Å²) in [7, 11) is -1.40. The van der Waals surface area contributed by atoms with Crippen LogP contribution in [0, 0.1) is 17.4 Å². The summed E-state index contributed by atoms with van der Waals surface area (Å²) in [5, 5.41) is 10.4. The molecule has 2 heteroatoms. The fourth-order valence-corrected chi connectivity index (χ4v) is 2.26. The zero-order valence-corrected chi connectivity index (χ0v) is 12.5. The Bertz CT molecular complexity index is 434. The number of benzene rings is 1. The second-order valence-corrected chi connectivity index (χ2v) is 10.3. The maximum absolute atomic E-state index is 10.4. The van der Waals surface area contributed by atoms with Crippen molar-refractivity contribution in [2.75, 3.05) is 0 Å². The zero-order valence-electron chi connectivity index (χ0n) is 11.5. The Balaban J connectivity index is 2.91. The number of rotatable bonds is 4. The summed E-state index contributed by atoms with van der Waals surface area (Å²) in [4.78, 5) is 0. The van der Waals surface area contributed by atoms with Gasteiger partial charge in [-0.3, -0.25) is 0 Å². The van der Waals surface area contributed by atoms with Crippen molar-refractivity contribution in [2.45, 2.75) is 32.2 Å². The fourth-order valence-electron chi connectivity index (χ4n) is 1.64. The quantitative estimate of drug-likeness (QED) is 0.495. The van der Waals surface area contributed by atoms with E-state index in [1.165, 1.54) is 0 Å². The lowest BCUT2D eigenvalue weighted by Crippen LogP contribution is -2.18. The molecule has 0 amide bonds. The van der Waals surface area contributed by atoms with E-state index in [2.05, 4.69) is 37.7 Å². The predicted molar refractivity (Wildman–Crippen MR) is 80.8 cm³/mol. The summed E-state index contributed by atoms with van der Waals surface area (Å²) in [5.41, 5.74) is 4.26. The van der Waals surface area contributed by atoms with Gasteiger partial charge in [0.05, 0.1) is 12.0 Å². The number of hydrogen-bond acceptors (Lipinski definition) is 1. The minimum absolute atomic E-state index is 0.0587. The summed E-state index contributed by atoms with van der Waals surface area (Å²) in [6.45, 7) is 10.4. The molecule has 0 saturated carbocycles. The van der Waals surface area contributed by atoms with Gasteiger partial charge in [-0.2, -0.15) is 0 Å². The molecule has 1 aromatic rings. The minimum atomic E-state index is -1.40. The molecule has 0 aliphatic heterocycles. The molecule has 18 heavy (non-hydrogen) atoms. The van der Waals surface area contributed by atoms with Crippen LogP contribution < -0.4 is 0 Å². The van der Waals surface area contributed by atoms with Crippen LogP contribution in [0.15, 0.2) is 43.0 Å². The molecule has 0 radical (unpaired) electrons. The van der Waals surface area contributed by atoms with E-state index >= 15 is 0 Å². The van der Waals surface area contributed by atoms with E-state index in [-0.39, 0.29) is 5.92 Å². The molecule has 0 aliphatic carbocycles. The Hall–Kier alpha value is -1.30. The molecule has 0 spiro atoms. The monoisotopic (exact) mass is 258 g/mol. The predicted octanol–water partition coefficient (Wildman–Crippen LogP) is 3.79. The lowest BCUT2D eigenvalue weighted by Gasteiger charge is -2.17. The normalized spacial score (nSPS) is 14.2. The molecule has 2 atom stereocenters. The molecule has 1 rings (SSSR count). The van der Waals surface area contributed by atoms with Crippen molar-refractivity contribution in [1.82, 2.24) is 0 Å². The molecule has 1 N–H and O–H groups in total. The van der Waals surface area contributed by atoms with E-state index in [9.17, 15) is 5.11 Å². The SMILES string of the molecule is C=CCC(C#C[Si](C)(C)C)C(O)c1ccccc1. The van der Waals surface area contributed by atoms with Gasteiger partial charge in [-0.15, -0.1) is 18.0 Å². The first-order valence-electron chi connectivity index (χ1n) is 6.30. The van der Waals surface area contributed by atoms with E-state index in [0.29, 0.717) is 6.42 Å². The maximum Gasteiger partial charge on any atom is 0.129 e. The van der Waals surface area contributed by atoms with Crippen molar-refractivity contribution in [3.8, 4) is 11.5 Å². The summed E-state index contributed by atoms with van der Waals surface area (Å²) in [6, 6.07) is 9.71. The van der Waals surface area contributed by atoms with E-state index in [1.807, 2.05) is 36.4 Å². The van der Waals surface area contributed by atoms with Crippen molar-refractivity contribution in [2.24, 2.45) is 5.92 Å². The van der Waals surface area contributed by atoms with Crippen molar-refractivity contribution in [3.63, 3.8) is 0 Å². The van der Waals surface area contributed by atoms with E-state index < -0.39 is 14.2 Å². The molecule has 0 bridgehead atoms. The Morgan fingerprint density at radius 3 is 2.39 bits per heavy atom. The van der Waals surface area contributed by atoms with Gasteiger partial charge < -0.3 is 5.11 Å². The molecule has 1 nitrogen and oxygen atoms in total. The van der Waals surface area contributed by atoms with Crippen LogP contribution in [-0.2, 0) is 0 Å². The van der Waals surface area contributed by atoms with Gasteiger partial charge in [0.2, 0.25) is 0 Å². The minimum Gasteiger partial charge on any atom is -0.387 e. The van der Waals surface area contributed by atoms with Gasteiger partial charge in [0, 0.05) is 0 Å². The molecular formula is C16H22OSi. The average molecular weight is 258 g/mol. The number of allylic oxidation sites excluding steroid dienone is 1. The second-order valence-electron chi connectivity index (χ2n) is 5.51. The summed E-state index contributed by atoms with van der Waals surface area (Å²) < 4.78 is 0. The molecule has 0 fully saturated rings. The largest absolute Gasteiger partial charge is 0.387 e. The van der Waals surface area contributed by atoms with Crippen LogP contribution in [0.5, 0.6) is 0 Å². The van der Waals surface area contributed by atoms with Gasteiger partial charge in [-0.25, -0.2) is 0 Å². The fraction of sp³-hybridized carbons (Fsp3) is 0.375. The molecule has 0 saturated heterocycles. The van der Waals surface area contributed by atoms with Gasteiger partial charge in [-0.1, -0.05) is 56.0 Å². The first kappa shape index (κ1) is 14.8. The highest BCUT2D eigenvalue weighted by Crippen LogP contribution is 2.24. The van der Waals surface area contributed by atoms with Crippen LogP contribution in [0.4, 0.5) is 0 Å². The lowest BCUT2D eigenvalue weighted by molar-refractivity contribution is 0.137. The van der Waals surface area contributed by atoms with Crippen LogP contribution >= 0.6 is 0 Å². The van der Waals surface area contributed by atoms with Gasteiger partial charge in [-0.05, 0) is 12.0 Å². The highest BCUT2D eigenvalue weighted by molar-refractivity contribution is 6.83. The van der Waals surface area contributed by atoms with E-state index in [1.54, 1.807) is 0 Å². The van der Waals surface area contributed by atoms with Crippen molar-refractivity contribution in [3.05, 3.63) is 48.6 Å². The first-order chi connectivity index (χ1) is 8.44. The van der Waals surface area contributed by atoms with Gasteiger partial charge in [0.15, 0.2) is 0 Å². The topological polar surface area (TPSA) is 20.2 Å². The van der Waals surface area contributed by atoms with E-state index in [0.717, 1.165) is 5.56 Å². The Kier molecular flexibility index (Phi) is 5.40.